The fourth-order valence-corrected chi connectivity index (χ4v) is 1.52. The maximum absolute atomic E-state index is 11.6. The van der Waals surface area contributed by atoms with Crippen molar-refractivity contribution in [3.8, 4) is 0 Å². The molecule has 98 valence electrons. The molecule has 1 aromatic heterocycles. The van der Waals surface area contributed by atoms with E-state index in [2.05, 4.69) is 10.3 Å². The van der Waals surface area contributed by atoms with Gasteiger partial charge in [-0.1, -0.05) is 23.2 Å². The number of pyridine rings is 1. The number of carbonyl (C=O) groups is 2. The SMILES string of the molecule is O=C(O)CCCCNC(=O)c1cnc(Cl)c(Cl)c1. The Morgan fingerprint density at radius 1 is 1.33 bits per heavy atom. The van der Waals surface area contributed by atoms with Crippen LogP contribution in [-0.2, 0) is 4.79 Å². The molecule has 0 atom stereocenters. The molecule has 0 fully saturated rings. The molecule has 0 saturated carbocycles. The first kappa shape index (κ1) is 14.7. The Morgan fingerprint density at radius 2 is 2.06 bits per heavy atom. The summed E-state index contributed by atoms with van der Waals surface area (Å²) >= 11 is 11.4. The van der Waals surface area contributed by atoms with E-state index in [1.807, 2.05) is 0 Å². The summed E-state index contributed by atoms with van der Waals surface area (Å²) in [5, 5.41) is 11.4. The first-order valence-corrected chi connectivity index (χ1v) is 6.07. The number of carboxylic acid groups (broad SMARTS) is 1. The van der Waals surface area contributed by atoms with Gasteiger partial charge in [-0.15, -0.1) is 0 Å². The second-order valence-corrected chi connectivity index (χ2v) is 4.37. The summed E-state index contributed by atoms with van der Waals surface area (Å²) < 4.78 is 0. The van der Waals surface area contributed by atoms with Gasteiger partial charge in [0.2, 0.25) is 0 Å². The molecule has 18 heavy (non-hydrogen) atoms. The molecule has 0 radical (unpaired) electrons. The molecule has 0 aliphatic rings. The van der Waals surface area contributed by atoms with Gasteiger partial charge in [0.15, 0.2) is 0 Å². The lowest BCUT2D eigenvalue weighted by molar-refractivity contribution is -0.137. The Bertz CT molecular complexity index is 452. The lowest BCUT2D eigenvalue weighted by atomic mass is 10.2. The summed E-state index contributed by atoms with van der Waals surface area (Å²) in [5.41, 5.74) is 0.322. The zero-order valence-corrected chi connectivity index (χ0v) is 11.0. The Labute approximate surface area is 114 Å². The Morgan fingerprint density at radius 3 is 2.67 bits per heavy atom. The van der Waals surface area contributed by atoms with Crippen LogP contribution in [0.1, 0.15) is 29.6 Å². The minimum absolute atomic E-state index is 0.101. The van der Waals surface area contributed by atoms with Crippen molar-refractivity contribution in [3.63, 3.8) is 0 Å². The molecule has 5 nitrogen and oxygen atoms in total. The van der Waals surface area contributed by atoms with Crippen molar-refractivity contribution in [1.82, 2.24) is 10.3 Å². The lowest BCUT2D eigenvalue weighted by Crippen LogP contribution is -2.24. The van der Waals surface area contributed by atoms with Gasteiger partial charge in [0.1, 0.15) is 5.15 Å². The van der Waals surface area contributed by atoms with E-state index >= 15 is 0 Å². The van der Waals surface area contributed by atoms with Gasteiger partial charge in [-0.2, -0.15) is 0 Å². The van der Waals surface area contributed by atoms with Gasteiger partial charge in [0.25, 0.3) is 5.91 Å². The molecule has 0 aliphatic carbocycles. The minimum atomic E-state index is -0.838. The highest BCUT2D eigenvalue weighted by molar-refractivity contribution is 6.41. The number of halogens is 2. The molecule has 1 heterocycles. The average molecular weight is 291 g/mol. The third kappa shape index (κ3) is 4.89. The van der Waals surface area contributed by atoms with Crippen LogP contribution in [0.25, 0.3) is 0 Å². The standard InChI is InChI=1S/C11H12Cl2N2O3/c12-8-5-7(6-15-10(8)13)11(18)14-4-2-1-3-9(16)17/h5-6H,1-4H2,(H,14,18)(H,16,17). The third-order valence-electron chi connectivity index (χ3n) is 2.16. The zero-order chi connectivity index (χ0) is 13.5. The maximum atomic E-state index is 11.6. The minimum Gasteiger partial charge on any atom is -0.481 e. The Kier molecular flexibility index (Phi) is 5.88. The number of hydrogen-bond donors (Lipinski definition) is 2. The van der Waals surface area contributed by atoms with Crippen LogP contribution >= 0.6 is 23.2 Å². The summed E-state index contributed by atoms with van der Waals surface area (Å²) in [5.74, 6) is -1.15. The fraction of sp³-hybridized carbons (Fsp3) is 0.364. The first-order valence-electron chi connectivity index (χ1n) is 5.31. The second kappa shape index (κ2) is 7.18. The van der Waals surface area contributed by atoms with Crippen molar-refractivity contribution in [2.24, 2.45) is 0 Å². The molecule has 7 heteroatoms. The normalized spacial score (nSPS) is 10.1. The summed E-state index contributed by atoms with van der Waals surface area (Å²) in [6.07, 6.45) is 2.56. The van der Waals surface area contributed by atoms with Crippen LogP contribution in [-0.4, -0.2) is 28.5 Å². The third-order valence-corrected chi connectivity index (χ3v) is 2.85. The van der Waals surface area contributed by atoms with Crippen LogP contribution < -0.4 is 5.32 Å². The molecule has 0 bridgehead atoms. The van der Waals surface area contributed by atoms with Gasteiger partial charge in [0, 0.05) is 19.2 Å². The summed E-state index contributed by atoms with van der Waals surface area (Å²) in [6.45, 7) is 0.409. The smallest absolute Gasteiger partial charge is 0.303 e. The van der Waals surface area contributed by atoms with Crippen molar-refractivity contribution in [2.45, 2.75) is 19.3 Å². The van der Waals surface area contributed by atoms with Gasteiger partial charge >= 0.3 is 5.97 Å². The number of rotatable bonds is 6. The molecule has 0 aliphatic heterocycles. The number of aromatic nitrogens is 1. The Hall–Kier alpha value is -1.33. The number of unbranched alkanes of at least 4 members (excludes halogenated alkanes) is 1. The predicted octanol–water partition coefficient (Wildman–Crippen LogP) is 2.37. The van der Waals surface area contributed by atoms with E-state index in [4.69, 9.17) is 28.3 Å². The van der Waals surface area contributed by atoms with Crippen molar-refractivity contribution < 1.29 is 14.7 Å². The zero-order valence-electron chi connectivity index (χ0n) is 9.45. The average Bonchev–Trinajstić information content (AvgIpc) is 2.31. The van der Waals surface area contributed by atoms with Crippen molar-refractivity contribution in [2.75, 3.05) is 6.54 Å². The van der Waals surface area contributed by atoms with E-state index in [1.54, 1.807) is 0 Å². The number of nitrogens with zero attached hydrogens (tertiary/aromatic N) is 1. The van der Waals surface area contributed by atoms with Crippen LogP contribution in [0.15, 0.2) is 12.3 Å². The predicted molar refractivity (Wildman–Crippen MR) is 68.1 cm³/mol. The van der Waals surface area contributed by atoms with Gasteiger partial charge in [-0.05, 0) is 18.9 Å². The van der Waals surface area contributed by atoms with Gasteiger partial charge in [-0.3, -0.25) is 9.59 Å². The number of nitrogens with one attached hydrogen (secondary N) is 1. The van der Waals surface area contributed by atoms with Crippen LogP contribution in [0.5, 0.6) is 0 Å². The summed E-state index contributed by atoms with van der Waals surface area (Å²) in [7, 11) is 0. The van der Waals surface area contributed by atoms with Crippen LogP contribution in [0.3, 0.4) is 0 Å². The van der Waals surface area contributed by atoms with E-state index in [9.17, 15) is 9.59 Å². The number of hydrogen-bond acceptors (Lipinski definition) is 3. The highest BCUT2D eigenvalue weighted by atomic mass is 35.5. The van der Waals surface area contributed by atoms with E-state index in [1.165, 1.54) is 12.3 Å². The lowest BCUT2D eigenvalue weighted by Gasteiger charge is -2.05. The molecule has 0 saturated heterocycles. The van der Waals surface area contributed by atoms with Gasteiger partial charge < -0.3 is 10.4 Å². The van der Waals surface area contributed by atoms with Crippen LogP contribution in [0.2, 0.25) is 10.2 Å². The van der Waals surface area contributed by atoms with Gasteiger partial charge in [-0.25, -0.2) is 4.98 Å². The number of carboxylic acids is 1. The summed E-state index contributed by atoms with van der Waals surface area (Å²) in [4.78, 5) is 25.7. The molecule has 2 N–H and O–H groups in total. The van der Waals surface area contributed by atoms with Crippen molar-refractivity contribution >= 4 is 35.1 Å². The summed E-state index contributed by atoms with van der Waals surface area (Å²) in [6, 6.07) is 1.43. The fourth-order valence-electron chi connectivity index (χ4n) is 1.25. The largest absolute Gasteiger partial charge is 0.481 e. The first-order chi connectivity index (χ1) is 8.50. The Balaban J connectivity index is 2.36. The molecule has 0 spiro atoms. The van der Waals surface area contributed by atoms with Crippen LogP contribution in [0.4, 0.5) is 0 Å². The second-order valence-electron chi connectivity index (χ2n) is 3.60. The van der Waals surface area contributed by atoms with E-state index in [0.717, 1.165) is 0 Å². The molecule has 1 amide bonds. The number of carbonyl (C=O) groups excluding carboxylic acids is 1. The molecule has 0 unspecified atom stereocenters. The molecule has 0 aromatic carbocycles. The molecule has 1 aromatic rings. The highest BCUT2D eigenvalue weighted by Crippen LogP contribution is 2.19. The number of amides is 1. The highest BCUT2D eigenvalue weighted by Gasteiger charge is 2.08. The van der Waals surface area contributed by atoms with E-state index < -0.39 is 5.97 Å². The molecular weight excluding hydrogens is 279 g/mol. The maximum Gasteiger partial charge on any atom is 0.303 e. The van der Waals surface area contributed by atoms with E-state index in [-0.39, 0.29) is 22.5 Å². The van der Waals surface area contributed by atoms with Crippen LogP contribution in [0, 0.1) is 0 Å². The van der Waals surface area contributed by atoms with Gasteiger partial charge in [0.05, 0.1) is 10.6 Å². The quantitative estimate of drug-likeness (QED) is 0.623. The number of aliphatic carboxylic acids is 1. The monoisotopic (exact) mass is 290 g/mol. The molecule has 1 rings (SSSR count). The van der Waals surface area contributed by atoms with Crippen molar-refractivity contribution in [3.05, 3.63) is 28.0 Å². The molecular formula is C11H12Cl2N2O3. The topological polar surface area (TPSA) is 79.3 Å². The van der Waals surface area contributed by atoms with E-state index in [0.29, 0.717) is 24.9 Å². The van der Waals surface area contributed by atoms with Crippen molar-refractivity contribution in [1.29, 1.82) is 0 Å².